The van der Waals surface area contributed by atoms with E-state index in [1.807, 2.05) is 36.9 Å². The van der Waals surface area contributed by atoms with Crippen molar-refractivity contribution < 1.29 is 13.8 Å². The van der Waals surface area contributed by atoms with Gasteiger partial charge < -0.3 is 13.9 Å². The van der Waals surface area contributed by atoms with E-state index in [1.165, 1.54) is 12.0 Å². The lowest BCUT2D eigenvalue weighted by Crippen LogP contribution is -2.30. The fraction of sp³-hybridized carbons (Fsp3) is 0.368. The van der Waals surface area contributed by atoms with Crippen LogP contribution < -0.4 is 0 Å². The molecule has 7 heteroatoms. The van der Waals surface area contributed by atoms with Gasteiger partial charge in [0.25, 0.3) is 0 Å². The van der Waals surface area contributed by atoms with Crippen LogP contribution in [0.2, 0.25) is 0 Å². The van der Waals surface area contributed by atoms with Crippen molar-refractivity contribution in [2.75, 3.05) is 13.1 Å². The fourth-order valence-electron chi connectivity index (χ4n) is 3.67. The monoisotopic (exact) mass is 352 g/mol. The Morgan fingerprint density at radius 2 is 1.92 bits per heavy atom. The first-order valence-corrected chi connectivity index (χ1v) is 8.64. The van der Waals surface area contributed by atoms with Gasteiger partial charge in [-0.3, -0.25) is 4.79 Å². The second-order valence-electron chi connectivity index (χ2n) is 6.69. The van der Waals surface area contributed by atoms with Gasteiger partial charge >= 0.3 is 0 Å². The number of nitrogens with zero attached hydrogens (tertiary/aromatic N) is 4. The molecule has 2 aromatic heterocycles. The van der Waals surface area contributed by atoms with Gasteiger partial charge in [-0.05, 0) is 19.4 Å². The summed E-state index contributed by atoms with van der Waals surface area (Å²) in [6, 6.07) is 10.2. The predicted molar refractivity (Wildman–Crippen MR) is 92.5 cm³/mol. The van der Waals surface area contributed by atoms with E-state index in [1.54, 1.807) is 0 Å². The molecule has 2 atom stereocenters. The SMILES string of the molecule is Cc1noc(C)c1CC(=O)N1C[C@H](c2ccccc2)[C@H](c2ncon2)C1. The first kappa shape index (κ1) is 16.5. The molecule has 3 aromatic rings. The number of aromatic nitrogens is 3. The summed E-state index contributed by atoms with van der Waals surface area (Å²) in [7, 11) is 0. The highest BCUT2D eigenvalue weighted by Crippen LogP contribution is 2.38. The van der Waals surface area contributed by atoms with Crippen LogP contribution in [0.5, 0.6) is 0 Å². The summed E-state index contributed by atoms with van der Waals surface area (Å²) in [5.74, 6) is 1.56. The van der Waals surface area contributed by atoms with E-state index < -0.39 is 0 Å². The molecule has 1 aliphatic rings. The number of hydrogen-bond acceptors (Lipinski definition) is 6. The number of carbonyl (C=O) groups excluding carboxylic acids is 1. The number of carbonyl (C=O) groups is 1. The molecule has 134 valence electrons. The molecular weight excluding hydrogens is 332 g/mol. The Bertz CT molecular complexity index is 869. The molecule has 0 spiro atoms. The Morgan fingerprint density at radius 1 is 1.15 bits per heavy atom. The predicted octanol–water partition coefficient (Wildman–Crippen LogP) is 2.63. The summed E-state index contributed by atoms with van der Waals surface area (Å²) in [6.45, 7) is 4.90. The minimum atomic E-state index is 0.0183. The third kappa shape index (κ3) is 3.00. The highest BCUT2D eigenvalue weighted by Gasteiger charge is 2.39. The van der Waals surface area contributed by atoms with Crippen LogP contribution in [-0.4, -0.2) is 39.2 Å². The van der Waals surface area contributed by atoms with Crippen molar-refractivity contribution in [3.05, 3.63) is 65.1 Å². The molecule has 0 N–H and O–H groups in total. The van der Waals surface area contributed by atoms with Crippen LogP contribution >= 0.6 is 0 Å². The molecule has 1 aliphatic heterocycles. The molecule has 4 rings (SSSR count). The molecule has 3 heterocycles. The molecule has 1 fully saturated rings. The Labute approximate surface area is 151 Å². The average molecular weight is 352 g/mol. The lowest BCUT2D eigenvalue weighted by atomic mass is 9.88. The second kappa shape index (κ2) is 6.74. The van der Waals surface area contributed by atoms with Crippen LogP contribution in [0.1, 0.15) is 40.2 Å². The van der Waals surface area contributed by atoms with Gasteiger partial charge in [0.2, 0.25) is 12.3 Å². The number of hydrogen-bond donors (Lipinski definition) is 0. The zero-order valence-corrected chi connectivity index (χ0v) is 14.8. The average Bonchev–Trinajstić information content (AvgIpc) is 3.38. The van der Waals surface area contributed by atoms with Crippen LogP contribution in [0.4, 0.5) is 0 Å². The van der Waals surface area contributed by atoms with Crippen molar-refractivity contribution in [2.24, 2.45) is 0 Å². The molecule has 0 unspecified atom stereocenters. The van der Waals surface area contributed by atoms with E-state index in [4.69, 9.17) is 9.05 Å². The quantitative estimate of drug-likeness (QED) is 0.717. The number of likely N-dealkylation sites (tertiary alicyclic amines) is 1. The minimum Gasteiger partial charge on any atom is -0.361 e. The maximum Gasteiger partial charge on any atom is 0.227 e. The molecule has 1 saturated heterocycles. The smallest absolute Gasteiger partial charge is 0.227 e. The summed E-state index contributed by atoms with van der Waals surface area (Å²) in [5.41, 5.74) is 2.81. The molecule has 0 radical (unpaired) electrons. The number of amides is 1. The molecule has 0 bridgehead atoms. The first-order chi connectivity index (χ1) is 12.6. The topological polar surface area (TPSA) is 85.3 Å². The normalized spacial score (nSPS) is 19.8. The minimum absolute atomic E-state index is 0.0183. The third-order valence-corrected chi connectivity index (χ3v) is 5.12. The molecule has 0 saturated carbocycles. The van der Waals surface area contributed by atoms with Gasteiger partial charge in [-0.2, -0.15) is 4.98 Å². The second-order valence-corrected chi connectivity index (χ2v) is 6.69. The van der Waals surface area contributed by atoms with Gasteiger partial charge in [0.05, 0.1) is 12.1 Å². The summed E-state index contributed by atoms with van der Waals surface area (Å²) < 4.78 is 10.1. The van der Waals surface area contributed by atoms with Gasteiger partial charge in [-0.15, -0.1) is 0 Å². The molecule has 1 aromatic carbocycles. The van der Waals surface area contributed by atoms with Crippen LogP contribution in [0.15, 0.2) is 45.8 Å². The largest absolute Gasteiger partial charge is 0.361 e. The Balaban J connectivity index is 1.58. The summed E-state index contributed by atoms with van der Waals surface area (Å²) in [6.07, 6.45) is 1.63. The van der Waals surface area contributed by atoms with Gasteiger partial charge in [0.1, 0.15) is 5.76 Å². The van der Waals surface area contributed by atoms with E-state index in [9.17, 15) is 4.79 Å². The first-order valence-electron chi connectivity index (χ1n) is 8.64. The molecule has 7 nitrogen and oxygen atoms in total. The highest BCUT2D eigenvalue weighted by atomic mass is 16.5. The third-order valence-electron chi connectivity index (χ3n) is 5.12. The van der Waals surface area contributed by atoms with Crippen molar-refractivity contribution in [3.63, 3.8) is 0 Å². The molecular formula is C19H20N4O3. The van der Waals surface area contributed by atoms with E-state index in [2.05, 4.69) is 27.4 Å². The van der Waals surface area contributed by atoms with Crippen molar-refractivity contribution in [3.8, 4) is 0 Å². The Kier molecular flexibility index (Phi) is 4.28. The van der Waals surface area contributed by atoms with Gasteiger partial charge in [0.15, 0.2) is 5.82 Å². The fourth-order valence-corrected chi connectivity index (χ4v) is 3.67. The summed E-state index contributed by atoms with van der Waals surface area (Å²) in [5, 5.41) is 7.96. The molecule has 0 aliphatic carbocycles. The van der Waals surface area contributed by atoms with E-state index in [0.717, 1.165) is 11.3 Å². The Morgan fingerprint density at radius 3 is 2.58 bits per heavy atom. The van der Waals surface area contributed by atoms with Crippen molar-refractivity contribution in [1.82, 2.24) is 20.2 Å². The van der Waals surface area contributed by atoms with E-state index >= 15 is 0 Å². The maximum atomic E-state index is 12.9. The van der Waals surface area contributed by atoms with Gasteiger partial charge in [-0.1, -0.05) is 40.6 Å². The summed E-state index contributed by atoms with van der Waals surface area (Å²) in [4.78, 5) is 19.0. The molecule has 1 amide bonds. The Hall–Kier alpha value is -2.96. The van der Waals surface area contributed by atoms with Crippen molar-refractivity contribution >= 4 is 5.91 Å². The van der Waals surface area contributed by atoms with E-state index in [-0.39, 0.29) is 17.7 Å². The zero-order valence-electron chi connectivity index (χ0n) is 14.8. The van der Waals surface area contributed by atoms with Crippen LogP contribution in [0.3, 0.4) is 0 Å². The van der Waals surface area contributed by atoms with Gasteiger partial charge in [0, 0.05) is 30.5 Å². The van der Waals surface area contributed by atoms with Gasteiger partial charge in [-0.25, -0.2) is 0 Å². The van der Waals surface area contributed by atoms with Crippen molar-refractivity contribution in [1.29, 1.82) is 0 Å². The van der Waals surface area contributed by atoms with Crippen molar-refractivity contribution in [2.45, 2.75) is 32.1 Å². The number of aryl methyl sites for hydroxylation is 2. The van der Waals surface area contributed by atoms with Crippen LogP contribution in [0, 0.1) is 13.8 Å². The maximum absolute atomic E-state index is 12.9. The van der Waals surface area contributed by atoms with Crippen LogP contribution in [-0.2, 0) is 11.2 Å². The lowest BCUT2D eigenvalue weighted by molar-refractivity contribution is -0.129. The molecule has 26 heavy (non-hydrogen) atoms. The number of rotatable bonds is 4. The number of benzene rings is 1. The zero-order chi connectivity index (χ0) is 18.1. The lowest BCUT2D eigenvalue weighted by Gasteiger charge is -2.16. The summed E-state index contributed by atoms with van der Waals surface area (Å²) >= 11 is 0. The van der Waals surface area contributed by atoms with E-state index in [0.29, 0.717) is 31.1 Å². The standard InChI is InChI=1S/C19H20N4O3/c1-12-15(13(2)26-21-12)8-18(24)23-9-16(14-6-4-3-5-7-14)17(10-23)19-20-11-25-22-19/h3-7,11,16-17H,8-10H2,1-2H3/t16-,17-/m1/s1. The highest BCUT2D eigenvalue weighted by molar-refractivity contribution is 5.79. The van der Waals surface area contributed by atoms with Crippen LogP contribution in [0.25, 0.3) is 0 Å².